The minimum Gasteiger partial charge on any atom is -0.135 e. The van der Waals surface area contributed by atoms with E-state index in [0.29, 0.717) is 0 Å². The van der Waals surface area contributed by atoms with Crippen molar-refractivity contribution in [1.29, 1.82) is 0 Å². The first-order valence-electron chi connectivity index (χ1n) is 9.20. The highest BCUT2D eigenvalue weighted by molar-refractivity contribution is 7.22. The van der Waals surface area contributed by atoms with Gasteiger partial charge in [-0.25, -0.2) is 0 Å². The molecule has 0 aliphatic carbocycles. The molecule has 27 heavy (non-hydrogen) atoms. The van der Waals surface area contributed by atoms with Crippen LogP contribution in [-0.2, 0) is 0 Å². The molecule has 0 nitrogen and oxygen atoms in total. The third kappa shape index (κ3) is 2.29. The Morgan fingerprint density at radius 3 is 2.07 bits per heavy atom. The maximum Gasteiger partial charge on any atom is 0.0361 e. The van der Waals surface area contributed by atoms with Crippen LogP contribution in [0.1, 0.15) is 0 Å². The molecule has 0 aliphatic heterocycles. The maximum atomic E-state index is 2.36. The van der Waals surface area contributed by atoms with Crippen LogP contribution in [0.25, 0.3) is 52.8 Å². The molecule has 0 aliphatic rings. The van der Waals surface area contributed by atoms with Crippen LogP contribution in [0.3, 0.4) is 0 Å². The quantitative estimate of drug-likeness (QED) is 0.206. The smallest absolute Gasteiger partial charge is 0.0361 e. The zero-order chi connectivity index (χ0) is 17.8. The maximum absolute atomic E-state index is 2.36. The second kappa shape index (κ2) is 5.67. The highest BCUT2D eigenvalue weighted by Crippen LogP contribution is 2.39. The van der Waals surface area contributed by atoms with Crippen molar-refractivity contribution in [2.45, 2.75) is 0 Å². The van der Waals surface area contributed by atoms with E-state index >= 15 is 0 Å². The van der Waals surface area contributed by atoms with Crippen molar-refractivity contribution in [2.24, 2.45) is 0 Å². The molecule has 0 N–H and O–H groups in total. The summed E-state index contributed by atoms with van der Waals surface area (Å²) in [5.41, 5.74) is 1.32. The van der Waals surface area contributed by atoms with Crippen LogP contribution < -0.4 is 0 Å². The Kier molecular flexibility index (Phi) is 3.14. The van der Waals surface area contributed by atoms with Gasteiger partial charge in [0, 0.05) is 9.58 Å². The molecule has 0 spiro atoms. The zero-order valence-corrected chi connectivity index (χ0v) is 15.5. The molecule has 126 valence electrons. The summed E-state index contributed by atoms with van der Waals surface area (Å²) in [7, 11) is 0. The summed E-state index contributed by atoms with van der Waals surface area (Å²) in [6.07, 6.45) is 0. The Hall–Kier alpha value is -3.16. The Bertz CT molecular complexity index is 1440. The molecular weight excluding hydrogens is 344 g/mol. The SMILES string of the molecule is c1ccc2sc(-c3cccc4cc5c(ccc6ccccc65)cc34)cc2c1. The summed E-state index contributed by atoms with van der Waals surface area (Å²) >= 11 is 1.87. The first-order chi connectivity index (χ1) is 13.4. The molecule has 0 atom stereocenters. The summed E-state index contributed by atoms with van der Waals surface area (Å²) in [6, 6.07) is 35.4. The summed E-state index contributed by atoms with van der Waals surface area (Å²) in [4.78, 5) is 1.34. The predicted molar refractivity (Wildman–Crippen MR) is 120 cm³/mol. The second-order valence-corrected chi connectivity index (χ2v) is 8.12. The Morgan fingerprint density at radius 1 is 0.444 bits per heavy atom. The van der Waals surface area contributed by atoms with E-state index in [1.165, 1.54) is 52.8 Å². The van der Waals surface area contributed by atoms with Crippen LogP contribution in [0.2, 0.25) is 0 Å². The molecule has 1 heterocycles. The molecule has 0 unspecified atom stereocenters. The summed E-state index contributed by atoms with van der Waals surface area (Å²) in [5, 5.41) is 9.19. The average Bonchev–Trinajstić information content (AvgIpc) is 3.16. The van der Waals surface area contributed by atoms with Crippen LogP contribution in [-0.4, -0.2) is 0 Å². The summed E-state index contributed by atoms with van der Waals surface area (Å²) in [5.74, 6) is 0. The van der Waals surface area contributed by atoms with Gasteiger partial charge in [0.15, 0.2) is 0 Å². The normalized spacial score (nSPS) is 11.7. The van der Waals surface area contributed by atoms with Gasteiger partial charge in [0.1, 0.15) is 0 Å². The van der Waals surface area contributed by atoms with Crippen LogP contribution in [0.4, 0.5) is 0 Å². The Labute approximate surface area is 161 Å². The fraction of sp³-hybridized carbons (Fsp3) is 0. The molecule has 5 aromatic carbocycles. The van der Waals surface area contributed by atoms with Gasteiger partial charge in [0.25, 0.3) is 0 Å². The van der Waals surface area contributed by atoms with Gasteiger partial charge >= 0.3 is 0 Å². The Balaban J connectivity index is 1.68. The van der Waals surface area contributed by atoms with E-state index in [-0.39, 0.29) is 0 Å². The minimum absolute atomic E-state index is 1.30. The fourth-order valence-corrected chi connectivity index (χ4v) is 5.21. The van der Waals surface area contributed by atoms with Crippen molar-refractivity contribution >= 4 is 53.7 Å². The first-order valence-corrected chi connectivity index (χ1v) is 10.0. The van der Waals surface area contributed by atoms with E-state index in [9.17, 15) is 0 Å². The van der Waals surface area contributed by atoms with Crippen molar-refractivity contribution in [2.75, 3.05) is 0 Å². The van der Waals surface area contributed by atoms with Crippen molar-refractivity contribution in [3.8, 4) is 10.4 Å². The molecule has 0 fully saturated rings. The van der Waals surface area contributed by atoms with Gasteiger partial charge < -0.3 is 0 Å². The zero-order valence-electron chi connectivity index (χ0n) is 14.6. The van der Waals surface area contributed by atoms with Gasteiger partial charge in [-0.2, -0.15) is 0 Å². The predicted octanol–water partition coefficient (Wildman–Crippen LogP) is 8.03. The van der Waals surface area contributed by atoms with Crippen molar-refractivity contribution in [3.63, 3.8) is 0 Å². The summed E-state index contributed by atoms with van der Waals surface area (Å²) < 4.78 is 1.34. The number of hydrogen-bond acceptors (Lipinski definition) is 1. The number of hydrogen-bond donors (Lipinski definition) is 0. The molecule has 0 saturated heterocycles. The molecule has 1 heteroatoms. The topological polar surface area (TPSA) is 0 Å². The molecule has 0 bridgehead atoms. The number of rotatable bonds is 1. The van der Waals surface area contributed by atoms with Gasteiger partial charge in [-0.3, -0.25) is 0 Å². The van der Waals surface area contributed by atoms with Gasteiger partial charge in [-0.05, 0) is 67.5 Å². The van der Waals surface area contributed by atoms with Gasteiger partial charge in [-0.15, -0.1) is 11.3 Å². The second-order valence-electron chi connectivity index (χ2n) is 7.04. The summed E-state index contributed by atoms with van der Waals surface area (Å²) in [6.45, 7) is 0. The largest absolute Gasteiger partial charge is 0.135 e. The number of fused-ring (bicyclic) bond motifs is 5. The van der Waals surface area contributed by atoms with E-state index in [1.54, 1.807) is 0 Å². The van der Waals surface area contributed by atoms with Gasteiger partial charge in [0.05, 0.1) is 0 Å². The Morgan fingerprint density at radius 2 is 1.15 bits per heavy atom. The van der Waals surface area contributed by atoms with E-state index in [4.69, 9.17) is 0 Å². The lowest BCUT2D eigenvalue weighted by Crippen LogP contribution is -1.82. The lowest BCUT2D eigenvalue weighted by molar-refractivity contribution is 1.76. The standard InChI is InChI=1S/C26H16S/c1-3-9-21-17(6-1)12-13-19-15-24-18(14-23(19)21)8-5-10-22(24)26-16-20-7-2-4-11-25(20)27-26/h1-16H. The van der Waals surface area contributed by atoms with Crippen molar-refractivity contribution < 1.29 is 0 Å². The van der Waals surface area contributed by atoms with Gasteiger partial charge in [0.2, 0.25) is 0 Å². The lowest BCUT2D eigenvalue weighted by Gasteiger charge is -2.09. The van der Waals surface area contributed by atoms with E-state index in [1.807, 2.05) is 11.3 Å². The van der Waals surface area contributed by atoms with Crippen LogP contribution in [0.5, 0.6) is 0 Å². The fourth-order valence-electron chi connectivity index (χ4n) is 4.11. The molecule has 6 aromatic rings. The van der Waals surface area contributed by atoms with Gasteiger partial charge in [-0.1, -0.05) is 72.8 Å². The molecule has 6 rings (SSSR count). The lowest BCUT2D eigenvalue weighted by atomic mass is 9.96. The molecule has 0 radical (unpaired) electrons. The third-order valence-corrected chi connectivity index (χ3v) is 6.58. The highest BCUT2D eigenvalue weighted by atomic mass is 32.1. The van der Waals surface area contributed by atoms with Crippen LogP contribution in [0, 0.1) is 0 Å². The van der Waals surface area contributed by atoms with Crippen LogP contribution >= 0.6 is 11.3 Å². The van der Waals surface area contributed by atoms with Crippen molar-refractivity contribution in [1.82, 2.24) is 0 Å². The third-order valence-electron chi connectivity index (χ3n) is 5.43. The van der Waals surface area contributed by atoms with E-state index in [2.05, 4.69) is 97.1 Å². The monoisotopic (exact) mass is 360 g/mol. The van der Waals surface area contributed by atoms with Crippen molar-refractivity contribution in [3.05, 3.63) is 97.1 Å². The van der Waals surface area contributed by atoms with E-state index in [0.717, 1.165) is 0 Å². The first kappa shape index (κ1) is 15.0. The number of benzene rings is 5. The van der Waals surface area contributed by atoms with E-state index < -0.39 is 0 Å². The molecule has 0 amide bonds. The average molecular weight is 360 g/mol. The number of thiophene rings is 1. The molecular formula is C26H16S. The molecule has 0 saturated carbocycles. The molecule has 1 aromatic heterocycles. The minimum atomic E-state index is 1.30. The van der Waals surface area contributed by atoms with Crippen LogP contribution in [0.15, 0.2) is 97.1 Å². The highest BCUT2D eigenvalue weighted by Gasteiger charge is 2.10.